The van der Waals surface area contributed by atoms with Crippen LogP contribution in [0.3, 0.4) is 0 Å². The van der Waals surface area contributed by atoms with Crippen LogP contribution in [-0.2, 0) is 10.2 Å². The van der Waals surface area contributed by atoms with Crippen LogP contribution in [0.5, 0.6) is 5.75 Å². The van der Waals surface area contributed by atoms with Gasteiger partial charge in [0, 0.05) is 11.0 Å². The summed E-state index contributed by atoms with van der Waals surface area (Å²) in [4.78, 5) is 11.9. The molecule has 4 nitrogen and oxygen atoms in total. The number of carbonyl (C=O) groups excluding carboxylic acids is 1. The summed E-state index contributed by atoms with van der Waals surface area (Å²) in [6.07, 6.45) is 1.74. The number of phenolic OH excluding ortho intramolecular Hbond substituents is 1. The first-order valence-corrected chi connectivity index (χ1v) is 7.85. The number of hydrogen-bond donors (Lipinski definition) is 2. The van der Waals surface area contributed by atoms with E-state index in [1.807, 2.05) is 18.2 Å². The van der Waals surface area contributed by atoms with Crippen LogP contribution in [0.1, 0.15) is 34.3 Å². The van der Waals surface area contributed by atoms with Crippen LogP contribution in [0, 0.1) is 0 Å². The van der Waals surface area contributed by atoms with E-state index in [0.29, 0.717) is 5.56 Å². The summed E-state index contributed by atoms with van der Waals surface area (Å²) >= 11 is 0. The highest BCUT2D eigenvalue weighted by molar-refractivity contribution is 5.90. The third kappa shape index (κ3) is 2.82. The van der Waals surface area contributed by atoms with E-state index in [-0.39, 0.29) is 17.1 Å². The Balaban J connectivity index is 2.16. The second-order valence-corrected chi connectivity index (χ2v) is 5.92. The fourth-order valence-corrected chi connectivity index (χ4v) is 3.49. The maximum atomic E-state index is 11.9. The summed E-state index contributed by atoms with van der Waals surface area (Å²) in [5.74, 6) is -0.160. The van der Waals surface area contributed by atoms with E-state index in [1.54, 1.807) is 18.2 Å². The largest absolute Gasteiger partial charge is 0.508 e. The third-order valence-corrected chi connectivity index (χ3v) is 4.72. The van der Waals surface area contributed by atoms with Crippen molar-refractivity contribution in [2.24, 2.45) is 0 Å². The molecule has 4 heteroatoms. The van der Waals surface area contributed by atoms with Gasteiger partial charge < -0.3 is 15.2 Å². The van der Waals surface area contributed by atoms with Gasteiger partial charge in [-0.05, 0) is 49.7 Å². The predicted molar refractivity (Wildman–Crippen MR) is 88.8 cm³/mol. The van der Waals surface area contributed by atoms with Gasteiger partial charge in [-0.3, -0.25) is 0 Å². The molecule has 0 aliphatic carbocycles. The minimum atomic E-state index is -0.386. The Morgan fingerprint density at radius 2 is 1.83 bits per heavy atom. The molecule has 2 aromatic carbocycles. The minimum Gasteiger partial charge on any atom is -0.508 e. The van der Waals surface area contributed by atoms with Gasteiger partial charge >= 0.3 is 5.97 Å². The lowest BCUT2D eigenvalue weighted by atomic mass is 9.68. The minimum absolute atomic E-state index is 0.225. The second kappa shape index (κ2) is 6.42. The number of ether oxygens (including phenoxy) is 1. The molecule has 23 heavy (non-hydrogen) atoms. The summed E-state index contributed by atoms with van der Waals surface area (Å²) in [5.41, 5.74) is 2.14. The zero-order valence-electron chi connectivity index (χ0n) is 13.2. The molecule has 0 bridgehead atoms. The molecule has 1 heterocycles. The van der Waals surface area contributed by atoms with Crippen molar-refractivity contribution in [3.05, 3.63) is 65.2 Å². The van der Waals surface area contributed by atoms with Gasteiger partial charge in [-0.1, -0.05) is 30.3 Å². The highest BCUT2D eigenvalue weighted by Crippen LogP contribution is 2.44. The molecule has 120 valence electrons. The molecule has 1 aliphatic rings. The van der Waals surface area contributed by atoms with Crippen LogP contribution < -0.4 is 5.32 Å². The van der Waals surface area contributed by atoms with Gasteiger partial charge in [0.05, 0.1) is 12.7 Å². The van der Waals surface area contributed by atoms with Gasteiger partial charge in [0.25, 0.3) is 0 Å². The van der Waals surface area contributed by atoms with E-state index < -0.39 is 0 Å². The van der Waals surface area contributed by atoms with E-state index in [1.165, 1.54) is 12.7 Å². The van der Waals surface area contributed by atoms with Crippen molar-refractivity contribution in [1.82, 2.24) is 5.32 Å². The Hall–Kier alpha value is -2.33. The standard InChI is InChI=1S/C19H21NO3/c1-23-18(22)14-7-8-17(21)16(13-14)19(9-11-20-12-10-19)15-5-3-2-4-6-15/h2-8,13,20-21H,9-12H2,1H3. The average molecular weight is 311 g/mol. The Morgan fingerprint density at radius 3 is 2.48 bits per heavy atom. The number of methoxy groups -OCH3 is 1. The lowest BCUT2D eigenvalue weighted by molar-refractivity contribution is 0.0600. The predicted octanol–water partition coefficient (Wildman–Crippen LogP) is 2.85. The van der Waals surface area contributed by atoms with E-state index in [9.17, 15) is 9.90 Å². The van der Waals surface area contributed by atoms with Gasteiger partial charge in [-0.2, -0.15) is 0 Å². The molecule has 0 saturated carbocycles. The van der Waals surface area contributed by atoms with Gasteiger partial charge in [-0.15, -0.1) is 0 Å². The summed E-state index contributed by atoms with van der Waals surface area (Å²) in [5, 5.41) is 13.9. The molecule has 1 saturated heterocycles. The van der Waals surface area contributed by atoms with Crippen LogP contribution in [0.15, 0.2) is 48.5 Å². The monoisotopic (exact) mass is 311 g/mol. The average Bonchev–Trinajstić information content (AvgIpc) is 2.63. The molecule has 0 spiro atoms. The van der Waals surface area contributed by atoms with Gasteiger partial charge in [0.15, 0.2) is 0 Å². The van der Waals surface area contributed by atoms with Crippen molar-refractivity contribution in [1.29, 1.82) is 0 Å². The van der Waals surface area contributed by atoms with Crippen molar-refractivity contribution in [3.63, 3.8) is 0 Å². The fraction of sp³-hybridized carbons (Fsp3) is 0.316. The van der Waals surface area contributed by atoms with Crippen LogP contribution >= 0.6 is 0 Å². The normalized spacial score (nSPS) is 16.7. The zero-order chi connectivity index (χ0) is 16.3. The number of rotatable bonds is 3. The number of esters is 1. The lowest BCUT2D eigenvalue weighted by Gasteiger charge is -2.39. The van der Waals surface area contributed by atoms with Crippen molar-refractivity contribution >= 4 is 5.97 Å². The lowest BCUT2D eigenvalue weighted by Crippen LogP contribution is -2.40. The molecular weight excluding hydrogens is 290 g/mol. The molecule has 1 fully saturated rings. The summed E-state index contributed by atoms with van der Waals surface area (Å²) < 4.78 is 4.82. The first-order chi connectivity index (χ1) is 11.2. The number of phenols is 1. The highest BCUT2D eigenvalue weighted by atomic mass is 16.5. The van der Waals surface area contributed by atoms with E-state index in [4.69, 9.17) is 4.74 Å². The topological polar surface area (TPSA) is 58.6 Å². The van der Waals surface area contributed by atoms with E-state index >= 15 is 0 Å². The van der Waals surface area contributed by atoms with Crippen molar-refractivity contribution < 1.29 is 14.6 Å². The maximum absolute atomic E-state index is 11.9. The second-order valence-electron chi connectivity index (χ2n) is 5.92. The first-order valence-electron chi connectivity index (χ1n) is 7.85. The Kier molecular flexibility index (Phi) is 4.35. The molecule has 0 aromatic heterocycles. The SMILES string of the molecule is COC(=O)c1ccc(O)c(C2(c3ccccc3)CCNCC2)c1. The number of hydrogen-bond acceptors (Lipinski definition) is 4. The van der Waals surface area contributed by atoms with Crippen LogP contribution in [0.25, 0.3) is 0 Å². The molecule has 1 aliphatic heterocycles. The van der Waals surface area contributed by atoms with Gasteiger partial charge in [0.2, 0.25) is 0 Å². The molecule has 2 aromatic rings. The summed E-state index contributed by atoms with van der Waals surface area (Å²) in [6.45, 7) is 1.74. The molecule has 0 radical (unpaired) electrons. The molecular formula is C19H21NO3. The van der Waals surface area contributed by atoms with Crippen LogP contribution in [-0.4, -0.2) is 31.3 Å². The van der Waals surface area contributed by atoms with Gasteiger partial charge in [-0.25, -0.2) is 4.79 Å². The molecule has 0 unspecified atom stereocenters. The third-order valence-electron chi connectivity index (χ3n) is 4.72. The van der Waals surface area contributed by atoms with Crippen LogP contribution in [0.2, 0.25) is 0 Å². The van der Waals surface area contributed by atoms with E-state index in [0.717, 1.165) is 31.5 Å². The zero-order valence-corrected chi connectivity index (χ0v) is 13.2. The number of nitrogens with one attached hydrogen (secondary N) is 1. The Labute approximate surface area is 136 Å². The van der Waals surface area contributed by atoms with Crippen molar-refractivity contribution in [2.45, 2.75) is 18.3 Å². The van der Waals surface area contributed by atoms with Gasteiger partial charge in [0.1, 0.15) is 5.75 Å². The van der Waals surface area contributed by atoms with Crippen molar-refractivity contribution in [3.8, 4) is 5.75 Å². The Morgan fingerprint density at radius 1 is 1.13 bits per heavy atom. The molecule has 0 atom stereocenters. The van der Waals surface area contributed by atoms with Crippen LogP contribution in [0.4, 0.5) is 0 Å². The summed E-state index contributed by atoms with van der Waals surface area (Å²) in [6, 6.07) is 15.2. The maximum Gasteiger partial charge on any atom is 0.337 e. The molecule has 2 N–H and O–H groups in total. The number of piperidine rings is 1. The quantitative estimate of drug-likeness (QED) is 0.856. The number of benzene rings is 2. The molecule has 3 rings (SSSR count). The van der Waals surface area contributed by atoms with E-state index in [2.05, 4.69) is 17.4 Å². The smallest absolute Gasteiger partial charge is 0.337 e. The fourth-order valence-electron chi connectivity index (χ4n) is 3.49. The molecule has 0 amide bonds. The first kappa shape index (κ1) is 15.6. The highest BCUT2D eigenvalue weighted by Gasteiger charge is 2.38. The summed E-state index contributed by atoms with van der Waals surface area (Å²) in [7, 11) is 1.37. The number of carbonyl (C=O) groups is 1. The number of aromatic hydroxyl groups is 1. The van der Waals surface area contributed by atoms with Crippen molar-refractivity contribution in [2.75, 3.05) is 20.2 Å². The Bertz CT molecular complexity index is 691.